The number of anilines is 1. The zero-order valence-electron chi connectivity index (χ0n) is 11.9. The van der Waals surface area contributed by atoms with Crippen molar-refractivity contribution in [2.45, 2.75) is 25.0 Å². The number of hydrogen-bond donors (Lipinski definition) is 2. The minimum Gasteiger partial charge on any atom is -0.497 e. The van der Waals surface area contributed by atoms with Crippen molar-refractivity contribution in [1.29, 1.82) is 0 Å². The van der Waals surface area contributed by atoms with Gasteiger partial charge in [-0.25, -0.2) is 0 Å². The van der Waals surface area contributed by atoms with Crippen LogP contribution in [0.2, 0.25) is 0 Å². The topological polar surface area (TPSA) is 82.8 Å². The van der Waals surface area contributed by atoms with Crippen LogP contribution >= 0.6 is 0 Å². The lowest BCUT2D eigenvalue weighted by atomic mass is 9.89. The molecule has 3 N–H and O–H groups in total. The molecular formula is C14H20N2O4. The molecule has 0 aliphatic heterocycles. The Morgan fingerprint density at radius 1 is 1.25 bits per heavy atom. The molecule has 6 heteroatoms. The SMILES string of the molecule is COc1cc(OC)c(N)c(C(=O)NC2CC(OC)C2)c1. The van der Waals surface area contributed by atoms with Crippen LogP contribution < -0.4 is 20.5 Å². The Morgan fingerprint density at radius 2 is 1.95 bits per heavy atom. The van der Waals surface area contributed by atoms with Gasteiger partial charge in [-0.05, 0) is 18.9 Å². The van der Waals surface area contributed by atoms with Crippen LogP contribution in [0, 0.1) is 0 Å². The molecule has 0 atom stereocenters. The van der Waals surface area contributed by atoms with E-state index in [4.69, 9.17) is 19.9 Å². The molecule has 1 aliphatic rings. The van der Waals surface area contributed by atoms with Crippen molar-refractivity contribution in [3.8, 4) is 11.5 Å². The standard InChI is InChI=1S/C14H20N2O4/c1-18-9-4-8(5-9)16-14(17)11-6-10(19-2)7-12(20-3)13(11)15/h6-9H,4-5,15H2,1-3H3,(H,16,17). The normalized spacial score (nSPS) is 20.9. The second-order valence-corrected chi connectivity index (χ2v) is 4.79. The van der Waals surface area contributed by atoms with Crippen molar-refractivity contribution in [2.24, 2.45) is 0 Å². The number of carbonyl (C=O) groups is 1. The fourth-order valence-electron chi connectivity index (χ4n) is 2.22. The van der Waals surface area contributed by atoms with E-state index >= 15 is 0 Å². The molecular weight excluding hydrogens is 260 g/mol. The monoisotopic (exact) mass is 280 g/mol. The van der Waals surface area contributed by atoms with E-state index in [1.165, 1.54) is 14.2 Å². The van der Waals surface area contributed by atoms with Crippen LogP contribution in [-0.4, -0.2) is 39.4 Å². The van der Waals surface area contributed by atoms with Gasteiger partial charge in [0.2, 0.25) is 0 Å². The maximum absolute atomic E-state index is 12.3. The van der Waals surface area contributed by atoms with E-state index < -0.39 is 0 Å². The molecule has 1 aromatic rings. The van der Waals surface area contributed by atoms with Crippen molar-refractivity contribution >= 4 is 11.6 Å². The Bertz CT molecular complexity index is 498. The van der Waals surface area contributed by atoms with Gasteiger partial charge in [-0.3, -0.25) is 4.79 Å². The molecule has 0 aromatic heterocycles. The maximum atomic E-state index is 12.3. The Kier molecular flexibility index (Phi) is 4.34. The van der Waals surface area contributed by atoms with Crippen LogP contribution in [0.25, 0.3) is 0 Å². The first-order chi connectivity index (χ1) is 9.58. The largest absolute Gasteiger partial charge is 0.497 e. The van der Waals surface area contributed by atoms with Crippen molar-refractivity contribution < 1.29 is 19.0 Å². The lowest BCUT2D eigenvalue weighted by Crippen LogP contribution is -2.47. The van der Waals surface area contributed by atoms with E-state index in [0.717, 1.165) is 12.8 Å². The molecule has 2 rings (SSSR count). The van der Waals surface area contributed by atoms with Crippen molar-refractivity contribution in [1.82, 2.24) is 5.32 Å². The van der Waals surface area contributed by atoms with Gasteiger partial charge < -0.3 is 25.3 Å². The average molecular weight is 280 g/mol. The zero-order valence-corrected chi connectivity index (χ0v) is 11.9. The first-order valence-corrected chi connectivity index (χ1v) is 6.44. The summed E-state index contributed by atoms with van der Waals surface area (Å²) in [6.07, 6.45) is 1.88. The number of carbonyl (C=O) groups excluding carboxylic acids is 1. The second-order valence-electron chi connectivity index (χ2n) is 4.79. The number of amides is 1. The van der Waals surface area contributed by atoms with Crippen molar-refractivity contribution in [3.05, 3.63) is 17.7 Å². The number of nitrogens with one attached hydrogen (secondary N) is 1. The third-order valence-electron chi connectivity index (χ3n) is 3.58. The molecule has 0 bridgehead atoms. The summed E-state index contributed by atoms with van der Waals surface area (Å²) < 4.78 is 15.5. The highest BCUT2D eigenvalue weighted by Crippen LogP contribution is 2.31. The van der Waals surface area contributed by atoms with Gasteiger partial charge in [0, 0.05) is 19.2 Å². The molecule has 1 aliphatic carbocycles. The zero-order chi connectivity index (χ0) is 14.7. The second kappa shape index (κ2) is 6.00. The molecule has 0 radical (unpaired) electrons. The quantitative estimate of drug-likeness (QED) is 0.792. The lowest BCUT2D eigenvalue weighted by molar-refractivity contribution is 0.0176. The van der Waals surface area contributed by atoms with E-state index in [9.17, 15) is 4.79 Å². The molecule has 1 saturated carbocycles. The summed E-state index contributed by atoms with van der Waals surface area (Å²) in [5.41, 5.74) is 6.62. The summed E-state index contributed by atoms with van der Waals surface area (Å²) >= 11 is 0. The summed E-state index contributed by atoms with van der Waals surface area (Å²) in [7, 11) is 4.71. The van der Waals surface area contributed by atoms with Gasteiger partial charge in [-0.1, -0.05) is 0 Å². The van der Waals surface area contributed by atoms with Crippen LogP contribution in [0.5, 0.6) is 11.5 Å². The van der Waals surface area contributed by atoms with Crippen LogP contribution in [-0.2, 0) is 4.74 Å². The number of ether oxygens (including phenoxy) is 3. The maximum Gasteiger partial charge on any atom is 0.253 e. The molecule has 0 spiro atoms. The minimum absolute atomic E-state index is 0.129. The molecule has 0 unspecified atom stereocenters. The number of nitrogens with two attached hydrogens (primary N) is 1. The lowest BCUT2D eigenvalue weighted by Gasteiger charge is -2.34. The number of methoxy groups -OCH3 is 3. The van der Waals surface area contributed by atoms with Crippen LogP contribution in [0.15, 0.2) is 12.1 Å². The summed E-state index contributed by atoms with van der Waals surface area (Å²) in [6.45, 7) is 0. The fraction of sp³-hybridized carbons (Fsp3) is 0.500. The molecule has 6 nitrogen and oxygen atoms in total. The summed E-state index contributed by atoms with van der Waals surface area (Å²) in [6, 6.07) is 3.39. The van der Waals surface area contributed by atoms with Gasteiger partial charge in [-0.15, -0.1) is 0 Å². The van der Waals surface area contributed by atoms with Gasteiger partial charge in [0.05, 0.1) is 31.6 Å². The Balaban J connectivity index is 2.13. The van der Waals surface area contributed by atoms with Crippen molar-refractivity contribution in [2.75, 3.05) is 27.1 Å². The third-order valence-corrected chi connectivity index (χ3v) is 3.58. The number of hydrogen-bond acceptors (Lipinski definition) is 5. The molecule has 1 amide bonds. The van der Waals surface area contributed by atoms with Gasteiger partial charge in [-0.2, -0.15) is 0 Å². The first kappa shape index (κ1) is 14.5. The molecule has 1 fully saturated rings. The van der Waals surface area contributed by atoms with Gasteiger partial charge >= 0.3 is 0 Å². The van der Waals surface area contributed by atoms with Crippen LogP contribution in [0.3, 0.4) is 0 Å². The molecule has 110 valence electrons. The van der Waals surface area contributed by atoms with E-state index in [1.54, 1.807) is 19.2 Å². The number of rotatable bonds is 5. The summed E-state index contributed by atoms with van der Waals surface area (Å²) in [5.74, 6) is 0.738. The Hall–Kier alpha value is -1.95. The van der Waals surface area contributed by atoms with Crippen molar-refractivity contribution in [3.63, 3.8) is 0 Å². The fourth-order valence-corrected chi connectivity index (χ4v) is 2.22. The van der Waals surface area contributed by atoms with Crippen LogP contribution in [0.1, 0.15) is 23.2 Å². The smallest absolute Gasteiger partial charge is 0.253 e. The highest BCUT2D eigenvalue weighted by molar-refractivity contribution is 6.01. The summed E-state index contributed by atoms with van der Waals surface area (Å²) in [5, 5.41) is 2.93. The van der Waals surface area contributed by atoms with E-state index in [0.29, 0.717) is 22.7 Å². The Labute approximate surface area is 118 Å². The Morgan fingerprint density at radius 3 is 2.50 bits per heavy atom. The molecule has 1 aromatic carbocycles. The number of benzene rings is 1. The summed E-state index contributed by atoms with van der Waals surface area (Å²) in [4.78, 5) is 12.3. The van der Waals surface area contributed by atoms with E-state index in [-0.39, 0.29) is 18.1 Å². The predicted octanol–water partition coefficient (Wildman–Crippen LogP) is 1.19. The number of nitrogen functional groups attached to an aromatic ring is 1. The minimum atomic E-state index is -0.223. The molecule has 20 heavy (non-hydrogen) atoms. The van der Waals surface area contributed by atoms with Crippen LogP contribution in [0.4, 0.5) is 5.69 Å². The van der Waals surface area contributed by atoms with E-state index in [1.807, 2.05) is 0 Å². The third kappa shape index (κ3) is 2.80. The highest BCUT2D eigenvalue weighted by atomic mass is 16.5. The molecule has 0 saturated heterocycles. The molecule has 0 heterocycles. The van der Waals surface area contributed by atoms with E-state index in [2.05, 4.69) is 5.32 Å². The van der Waals surface area contributed by atoms with Gasteiger partial charge in [0.1, 0.15) is 11.5 Å². The average Bonchev–Trinajstić information content (AvgIpc) is 2.42. The highest BCUT2D eigenvalue weighted by Gasteiger charge is 2.31. The first-order valence-electron chi connectivity index (χ1n) is 6.44. The van der Waals surface area contributed by atoms with Gasteiger partial charge in [0.25, 0.3) is 5.91 Å². The predicted molar refractivity (Wildman–Crippen MR) is 75.2 cm³/mol. The van der Waals surface area contributed by atoms with Gasteiger partial charge in [0.15, 0.2) is 0 Å².